The molecule has 0 aromatic heterocycles. The molecule has 0 saturated carbocycles. The number of carbonyl (C=O) groups excluding carboxylic acids is 3. The highest BCUT2D eigenvalue weighted by Crippen LogP contribution is 2.24. The van der Waals surface area contributed by atoms with Crippen LogP contribution in [0, 0.1) is 17.9 Å². The molecule has 0 aliphatic rings. The summed E-state index contributed by atoms with van der Waals surface area (Å²) < 4.78 is 16.2. The van der Waals surface area contributed by atoms with Gasteiger partial charge in [0.05, 0.1) is 31.0 Å². The van der Waals surface area contributed by atoms with Crippen LogP contribution in [0.5, 0.6) is 17.2 Å². The predicted octanol–water partition coefficient (Wildman–Crippen LogP) is 6.68. The summed E-state index contributed by atoms with van der Waals surface area (Å²) in [7, 11) is 0. The Morgan fingerprint density at radius 2 is 1.07 bits per heavy atom. The first-order valence-electron chi connectivity index (χ1n) is 12.4. The van der Waals surface area contributed by atoms with Crippen molar-refractivity contribution in [3.63, 3.8) is 0 Å². The van der Waals surface area contributed by atoms with Crippen LogP contribution in [0.4, 0.5) is 5.69 Å². The zero-order valence-corrected chi connectivity index (χ0v) is 21.7. The van der Waals surface area contributed by atoms with Gasteiger partial charge in [-0.05, 0) is 84.9 Å². The summed E-state index contributed by atoms with van der Waals surface area (Å²) in [4.78, 5) is 40.4. The zero-order chi connectivity index (χ0) is 29.2. The molecule has 0 spiro atoms. The van der Waals surface area contributed by atoms with E-state index in [0.29, 0.717) is 45.2 Å². The van der Waals surface area contributed by atoms with Gasteiger partial charge in [0, 0.05) is 16.7 Å². The number of hydrogen-bond acceptors (Lipinski definition) is 7. The summed E-state index contributed by atoms with van der Waals surface area (Å²) in [5.74, 6) is -0.00396. The first-order chi connectivity index (χ1) is 19.8. The average molecular weight is 543 g/mol. The van der Waals surface area contributed by atoms with E-state index in [4.69, 9.17) is 26.0 Å². The molecule has 0 heterocycles. The van der Waals surface area contributed by atoms with Gasteiger partial charge in [-0.15, -0.1) is 0 Å². The highest BCUT2D eigenvalue weighted by molar-refractivity contribution is 6.09. The molecule has 0 amide bonds. The summed E-state index contributed by atoms with van der Waals surface area (Å²) in [5, 5.41) is 8.88. The second kappa shape index (κ2) is 13.2. The van der Waals surface area contributed by atoms with Gasteiger partial charge in [0.2, 0.25) is 0 Å². The summed E-state index contributed by atoms with van der Waals surface area (Å²) in [6, 6.07) is 27.5. The lowest BCUT2D eigenvalue weighted by Crippen LogP contribution is -2.14. The second-order valence-electron chi connectivity index (χ2n) is 8.65. The third kappa shape index (κ3) is 7.76. The van der Waals surface area contributed by atoms with Crippen LogP contribution in [-0.4, -0.2) is 17.7 Å². The quantitative estimate of drug-likeness (QED) is 0.0723. The molecule has 0 fully saturated rings. The Balaban J connectivity index is 1.22. The molecule has 0 radical (unpaired) electrons. The van der Waals surface area contributed by atoms with E-state index in [9.17, 15) is 14.4 Å². The maximum absolute atomic E-state index is 12.6. The molecular weight excluding hydrogens is 520 g/mol. The molecule has 0 atom stereocenters. The molecule has 0 saturated heterocycles. The molecule has 200 valence electrons. The van der Waals surface area contributed by atoms with Gasteiger partial charge in [0.15, 0.2) is 11.5 Å². The molecule has 8 nitrogen and oxygen atoms in total. The van der Waals surface area contributed by atoms with Crippen molar-refractivity contribution in [2.24, 2.45) is 0 Å². The maximum Gasteiger partial charge on any atom is 0.311 e. The number of ether oxygens (including phenoxy) is 3. The highest BCUT2D eigenvalue weighted by Gasteiger charge is 2.13. The Bertz CT molecular complexity index is 1660. The number of ketones is 1. The first-order valence-corrected chi connectivity index (χ1v) is 12.4. The Kier molecular flexibility index (Phi) is 9.02. The minimum absolute atomic E-state index is 0.188. The van der Waals surface area contributed by atoms with Crippen LogP contribution in [0.2, 0.25) is 0 Å². The average Bonchev–Trinajstić information content (AvgIpc) is 3.01. The molecule has 41 heavy (non-hydrogen) atoms. The van der Waals surface area contributed by atoms with E-state index in [0.717, 1.165) is 0 Å². The largest absolute Gasteiger partial charge is 0.457 e. The van der Waals surface area contributed by atoms with Crippen molar-refractivity contribution in [3.05, 3.63) is 137 Å². The monoisotopic (exact) mass is 542 g/mol. The maximum atomic E-state index is 12.6. The lowest BCUT2D eigenvalue weighted by molar-refractivity contribution is -0.140. The van der Waals surface area contributed by atoms with Crippen molar-refractivity contribution in [1.29, 1.82) is 5.26 Å². The van der Waals surface area contributed by atoms with E-state index in [-0.39, 0.29) is 24.4 Å². The van der Waals surface area contributed by atoms with Crippen molar-refractivity contribution in [2.45, 2.75) is 12.8 Å². The number of esters is 2. The van der Waals surface area contributed by atoms with Crippen LogP contribution in [0.25, 0.3) is 10.6 Å². The molecule has 0 aliphatic heterocycles. The van der Waals surface area contributed by atoms with Crippen molar-refractivity contribution >= 4 is 29.2 Å². The first kappa shape index (κ1) is 28.0. The lowest BCUT2D eigenvalue weighted by atomic mass is 10.0. The number of hydrogen-bond donors (Lipinski definition) is 0. The van der Waals surface area contributed by atoms with E-state index in [2.05, 4.69) is 11.4 Å². The molecule has 0 aliphatic carbocycles. The fourth-order valence-electron chi connectivity index (χ4n) is 3.61. The van der Waals surface area contributed by atoms with Crippen LogP contribution in [0.15, 0.2) is 104 Å². The third-order valence-corrected chi connectivity index (χ3v) is 5.77. The highest BCUT2D eigenvalue weighted by atomic mass is 16.5. The van der Waals surface area contributed by atoms with Gasteiger partial charge in [0.25, 0.3) is 0 Å². The van der Waals surface area contributed by atoms with Crippen LogP contribution >= 0.6 is 0 Å². The van der Waals surface area contributed by atoms with Gasteiger partial charge in [-0.2, -0.15) is 5.26 Å². The normalized spacial score (nSPS) is 10.0. The fraction of sp³-hybridized carbons (Fsp3) is 0.0606. The molecule has 8 heteroatoms. The number of carbonyl (C=O) groups is 3. The Morgan fingerprint density at radius 1 is 0.659 bits per heavy atom. The second-order valence-corrected chi connectivity index (χ2v) is 8.65. The SMILES string of the molecule is [C-]#[N+]c1ccc(OC(=C)c2ccc(OC(=O)CCC(=O)Oc3ccc(C(=O)c4ccc(C#N)cc4)cc3)cc2)cc1. The molecule has 0 bridgehead atoms. The van der Waals surface area contributed by atoms with Crippen LogP contribution in [0.1, 0.15) is 39.9 Å². The molecule has 4 aromatic rings. The molecule has 0 N–H and O–H groups in total. The summed E-state index contributed by atoms with van der Waals surface area (Å²) in [6.07, 6.45) is -0.383. The van der Waals surface area contributed by atoms with E-state index >= 15 is 0 Å². The summed E-state index contributed by atoms with van der Waals surface area (Å²) in [5.41, 5.74) is 2.47. The van der Waals surface area contributed by atoms with Crippen molar-refractivity contribution < 1.29 is 28.6 Å². The van der Waals surface area contributed by atoms with Crippen LogP contribution in [-0.2, 0) is 9.59 Å². The van der Waals surface area contributed by atoms with Gasteiger partial charge in [-0.25, -0.2) is 4.85 Å². The van der Waals surface area contributed by atoms with Crippen molar-refractivity contribution in [2.75, 3.05) is 0 Å². The Labute approximate surface area is 236 Å². The minimum Gasteiger partial charge on any atom is -0.457 e. The molecular formula is C33H22N2O6. The van der Waals surface area contributed by atoms with Gasteiger partial charge in [-0.1, -0.05) is 18.7 Å². The van der Waals surface area contributed by atoms with Crippen molar-refractivity contribution in [3.8, 4) is 23.3 Å². The minimum atomic E-state index is -0.624. The van der Waals surface area contributed by atoms with Crippen LogP contribution in [0.3, 0.4) is 0 Å². The van der Waals surface area contributed by atoms with Crippen LogP contribution < -0.4 is 14.2 Å². The molecule has 4 rings (SSSR count). The van der Waals surface area contributed by atoms with E-state index in [1.807, 2.05) is 6.07 Å². The number of nitriles is 1. The van der Waals surface area contributed by atoms with Gasteiger partial charge < -0.3 is 14.2 Å². The van der Waals surface area contributed by atoms with E-state index in [1.54, 1.807) is 72.8 Å². The predicted molar refractivity (Wildman–Crippen MR) is 150 cm³/mol. The standard InChI is InChI=1S/C33H22N2O6/c1-22(39-28-17-11-27(35-2)12-18-28)24-7-13-29(14-8-24)40-31(36)19-20-32(37)41-30-15-9-26(10-16-30)33(38)25-5-3-23(21-34)4-6-25/h3-18H,1,19-20H2. The molecule has 4 aromatic carbocycles. The Morgan fingerprint density at radius 3 is 1.54 bits per heavy atom. The topological polar surface area (TPSA) is 107 Å². The smallest absolute Gasteiger partial charge is 0.311 e. The molecule has 0 unspecified atom stereocenters. The van der Waals surface area contributed by atoms with E-state index < -0.39 is 11.9 Å². The van der Waals surface area contributed by atoms with Gasteiger partial charge >= 0.3 is 11.9 Å². The Hall–Kier alpha value is -5.99. The summed E-state index contributed by atoms with van der Waals surface area (Å²) >= 11 is 0. The fourth-order valence-corrected chi connectivity index (χ4v) is 3.61. The number of benzene rings is 4. The van der Waals surface area contributed by atoms with Gasteiger partial charge in [0.1, 0.15) is 23.0 Å². The number of nitrogens with zero attached hydrogens (tertiary/aromatic N) is 2. The summed E-state index contributed by atoms with van der Waals surface area (Å²) in [6.45, 7) is 10.9. The van der Waals surface area contributed by atoms with Crippen molar-refractivity contribution in [1.82, 2.24) is 0 Å². The van der Waals surface area contributed by atoms with Gasteiger partial charge in [-0.3, -0.25) is 14.4 Å². The lowest BCUT2D eigenvalue weighted by Gasteiger charge is -2.10. The number of rotatable bonds is 10. The third-order valence-electron chi connectivity index (χ3n) is 5.77. The van der Waals surface area contributed by atoms with E-state index in [1.165, 1.54) is 24.3 Å². The zero-order valence-electron chi connectivity index (χ0n) is 21.7.